The Morgan fingerprint density at radius 1 is 1.11 bits per heavy atom. The Balaban J connectivity index is 2.11. The molecule has 2 aromatic carbocycles. The fourth-order valence-electron chi connectivity index (χ4n) is 2.35. The summed E-state index contributed by atoms with van der Waals surface area (Å²) in [7, 11) is 0. The van der Waals surface area contributed by atoms with Crippen LogP contribution < -0.4 is 4.74 Å². The zero-order valence-electron chi connectivity index (χ0n) is 10.6. The van der Waals surface area contributed by atoms with Crippen molar-refractivity contribution in [2.45, 2.75) is 13.0 Å². The van der Waals surface area contributed by atoms with E-state index >= 15 is 0 Å². The fourth-order valence-corrected chi connectivity index (χ4v) is 2.35. The molecule has 1 atom stereocenters. The van der Waals surface area contributed by atoms with Crippen molar-refractivity contribution in [3.05, 3.63) is 54.1 Å². The van der Waals surface area contributed by atoms with Gasteiger partial charge in [-0.25, -0.2) is 4.79 Å². The van der Waals surface area contributed by atoms with E-state index in [0.717, 1.165) is 22.4 Å². The van der Waals surface area contributed by atoms with Gasteiger partial charge in [0.05, 0.1) is 6.61 Å². The molecular weight excluding hydrogens is 240 g/mol. The maximum Gasteiger partial charge on any atom is 0.352 e. The number of rotatable bonds is 2. The molecule has 0 amide bonds. The predicted octanol–water partition coefficient (Wildman–Crippen LogP) is 3.35. The number of hydrogen-bond donors (Lipinski definition) is 0. The summed E-state index contributed by atoms with van der Waals surface area (Å²) in [5.74, 6) is 0.378. The number of carbonyl (C=O) groups is 1. The average molecular weight is 254 g/mol. The number of ether oxygens (including phenoxy) is 2. The van der Waals surface area contributed by atoms with E-state index in [9.17, 15) is 4.79 Å². The third-order valence-electron chi connectivity index (χ3n) is 3.17. The molecule has 2 aromatic rings. The summed E-state index contributed by atoms with van der Waals surface area (Å²) < 4.78 is 10.9. The third-order valence-corrected chi connectivity index (χ3v) is 3.17. The Morgan fingerprint density at radius 3 is 2.58 bits per heavy atom. The number of benzene rings is 2. The molecule has 3 nitrogen and oxygen atoms in total. The zero-order chi connectivity index (χ0) is 13.2. The Morgan fingerprint density at radius 2 is 1.79 bits per heavy atom. The molecule has 0 bridgehead atoms. The van der Waals surface area contributed by atoms with Gasteiger partial charge in [-0.3, -0.25) is 0 Å². The van der Waals surface area contributed by atoms with Gasteiger partial charge in [-0.2, -0.15) is 0 Å². The van der Waals surface area contributed by atoms with Gasteiger partial charge in [0.1, 0.15) is 5.75 Å². The van der Waals surface area contributed by atoms with E-state index in [1.54, 1.807) is 6.92 Å². The molecule has 3 heteroatoms. The lowest BCUT2D eigenvalue weighted by Gasteiger charge is -2.27. The topological polar surface area (TPSA) is 35.5 Å². The quantitative estimate of drug-likeness (QED) is 0.771. The summed E-state index contributed by atoms with van der Waals surface area (Å²) in [6, 6.07) is 15.5. The van der Waals surface area contributed by atoms with Crippen LogP contribution in [0.3, 0.4) is 0 Å². The van der Waals surface area contributed by atoms with Crippen LogP contribution in [0.4, 0.5) is 0 Å². The van der Waals surface area contributed by atoms with Gasteiger partial charge < -0.3 is 9.47 Å². The third kappa shape index (κ3) is 1.97. The number of fused-ring (bicyclic) bond motifs is 3. The summed E-state index contributed by atoms with van der Waals surface area (Å²) in [5.41, 5.74) is 2.90. The van der Waals surface area contributed by atoms with Crippen molar-refractivity contribution in [2.24, 2.45) is 0 Å². The smallest absolute Gasteiger partial charge is 0.352 e. The Labute approximate surface area is 111 Å². The van der Waals surface area contributed by atoms with E-state index in [4.69, 9.17) is 9.47 Å². The predicted molar refractivity (Wildman–Crippen MR) is 71.9 cm³/mol. The highest BCUT2D eigenvalue weighted by Crippen LogP contribution is 2.42. The van der Waals surface area contributed by atoms with Crippen LogP contribution in [0.25, 0.3) is 11.1 Å². The first kappa shape index (κ1) is 11.8. The second-order valence-electron chi connectivity index (χ2n) is 4.33. The van der Waals surface area contributed by atoms with Gasteiger partial charge in [0, 0.05) is 11.1 Å². The number of esters is 1. The minimum atomic E-state index is -0.675. The fraction of sp³-hybridized carbons (Fsp3) is 0.188. The molecular formula is C16H14O3. The first-order valence-corrected chi connectivity index (χ1v) is 6.33. The molecule has 1 unspecified atom stereocenters. The van der Waals surface area contributed by atoms with Gasteiger partial charge >= 0.3 is 5.97 Å². The van der Waals surface area contributed by atoms with Crippen LogP contribution >= 0.6 is 0 Å². The molecule has 19 heavy (non-hydrogen) atoms. The highest BCUT2D eigenvalue weighted by molar-refractivity contribution is 5.85. The highest BCUT2D eigenvalue weighted by atomic mass is 16.6. The standard InChI is InChI=1S/C16H14O3/c1-2-18-16(17)15-13-9-4-3-7-11(13)12-8-5-6-10-14(12)19-15/h3-10,15H,2H2,1H3. The van der Waals surface area contributed by atoms with E-state index < -0.39 is 6.10 Å². The second kappa shape index (κ2) is 4.76. The van der Waals surface area contributed by atoms with E-state index in [1.807, 2.05) is 48.5 Å². The van der Waals surface area contributed by atoms with Gasteiger partial charge in [-0.15, -0.1) is 0 Å². The zero-order valence-corrected chi connectivity index (χ0v) is 10.6. The molecule has 1 aliphatic heterocycles. The molecule has 0 N–H and O–H groups in total. The van der Waals surface area contributed by atoms with Crippen LogP contribution in [0.15, 0.2) is 48.5 Å². The first-order chi connectivity index (χ1) is 9.31. The summed E-state index contributed by atoms with van der Waals surface area (Å²) in [4.78, 5) is 12.0. The molecule has 0 fully saturated rings. The van der Waals surface area contributed by atoms with Gasteiger partial charge in [0.2, 0.25) is 6.10 Å². The van der Waals surface area contributed by atoms with Crippen LogP contribution in [0.5, 0.6) is 5.75 Å². The Hall–Kier alpha value is -2.29. The van der Waals surface area contributed by atoms with E-state index in [-0.39, 0.29) is 5.97 Å². The van der Waals surface area contributed by atoms with E-state index in [2.05, 4.69) is 0 Å². The maximum absolute atomic E-state index is 12.0. The van der Waals surface area contributed by atoms with Crippen molar-refractivity contribution < 1.29 is 14.3 Å². The van der Waals surface area contributed by atoms with Crippen LogP contribution in [0.1, 0.15) is 18.6 Å². The summed E-state index contributed by atoms with van der Waals surface area (Å²) >= 11 is 0. The molecule has 0 saturated carbocycles. The lowest BCUT2D eigenvalue weighted by molar-refractivity contribution is -0.151. The Bertz CT molecular complexity index is 619. The van der Waals surface area contributed by atoms with Crippen molar-refractivity contribution in [1.29, 1.82) is 0 Å². The molecule has 0 radical (unpaired) electrons. The normalized spacial score (nSPS) is 15.9. The molecule has 0 saturated heterocycles. The van der Waals surface area contributed by atoms with Gasteiger partial charge in [0.25, 0.3) is 0 Å². The largest absolute Gasteiger partial charge is 0.473 e. The highest BCUT2D eigenvalue weighted by Gasteiger charge is 2.31. The van der Waals surface area contributed by atoms with Gasteiger partial charge in [-0.1, -0.05) is 42.5 Å². The minimum absolute atomic E-state index is 0.343. The lowest BCUT2D eigenvalue weighted by Crippen LogP contribution is -2.24. The SMILES string of the molecule is CCOC(=O)C1Oc2ccccc2-c2ccccc21. The minimum Gasteiger partial charge on any atom is -0.473 e. The van der Waals surface area contributed by atoms with E-state index in [1.165, 1.54) is 0 Å². The maximum atomic E-state index is 12.0. The Kier molecular flexibility index (Phi) is 2.95. The average Bonchev–Trinajstić information content (AvgIpc) is 2.46. The van der Waals surface area contributed by atoms with Crippen molar-refractivity contribution in [3.8, 4) is 16.9 Å². The number of para-hydroxylation sites is 1. The summed E-state index contributed by atoms with van der Waals surface area (Å²) in [6.07, 6.45) is -0.675. The summed E-state index contributed by atoms with van der Waals surface area (Å²) in [5, 5.41) is 0. The monoisotopic (exact) mass is 254 g/mol. The van der Waals surface area contributed by atoms with Gasteiger partial charge in [-0.05, 0) is 18.6 Å². The van der Waals surface area contributed by atoms with Crippen LogP contribution in [0, 0.1) is 0 Å². The molecule has 0 aromatic heterocycles. The first-order valence-electron chi connectivity index (χ1n) is 6.33. The lowest BCUT2D eigenvalue weighted by atomic mass is 9.93. The molecule has 3 rings (SSSR count). The van der Waals surface area contributed by atoms with Crippen molar-refractivity contribution >= 4 is 5.97 Å². The summed E-state index contributed by atoms with van der Waals surface area (Å²) in [6.45, 7) is 2.14. The molecule has 0 spiro atoms. The van der Waals surface area contributed by atoms with Gasteiger partial charge in [0.15, 0.2) is 0 Å². The van der Waals surface area contributed by atoms with Crippen molar-refractivity contribution in [2.75, 3.05) is 6.61 Å². The second-order valence-corrected chi connectivity index (χ2v) is 4.33. The molecule has 1 aliphatic rings. The molecule has 0 aliphatic carbocycles. The van der Waals surface area contributed by atoms with Crippen LogP contribution in [-0.4, -0.2) is 12.6 Å². The van der Waals surface area contributed by atoms with E-state index in [0.29, 0.717) is 6.61 Å². The van der Waals surface area contributed by atoms with Crippen LogP contribution in [0.2, 0.25) is 0 Å². The van der Waals surface area contributed by atoms with Crippen LogP contribution in [-0.2, 0) is 9.53 Å². The number of hydrogen-bond acceptors (Lipinski definition) is 3. The number of carbonyl (C=O) groups excluding carboxylic acids is 1. The molecule has 1 heterocycles. The molecule has 96 valence electrons. The van der Waals surface area contributed by atoms with Crippen molar-refractivity contribution in [3.63, 3.8) is 0 Å². The van der Waals surface area contributed by atoms with Crippen molar-refractivity contribution in [1.82, 2.24) is 0 Å².